The summed E-state index contributed by atoms with van der Waals surface area (Å²) in [7, 11) is 0. The number of fused-ring (bicyclic) bond motifs is 1. The lowest BCUT2D eigenvalue weighted by atomic mass is 9.65. The van der Waals surface area contributed by atoms with Gasteiger partial charge >= 0.3 is 5.97 Å². The zero-order chi connectivity index (χ0) is 19.0. The van der Waals surface area contributed by atoms with Crippen LogP contribution in [0.4, 0.5) is 10.3 Å². The van der Waals surface area contributed by atoms with Crippen LogP contribution >= 0.6 is 0 Å². The van der Waals surface area contributed by atoms with E-state index in [1.807, 2.05) is 0 Å². The minimum Gasteiger partial charge on any atom is -0.458 e. The first-order valence-electron chi connectivity index (χ1n) is 9.59. The van der Waals surface area contributed by atoms with E-state index >= 15 is 0 Å². The number of halogens is 1. The van der Waals surface area contributed by atoms with Crippen LogP contribution in [0, 0.1) is 5.82 Å². The molecular weight excluding hydrogens is 351 g/mol. The van der Waals surface area contributed by atoms with Crippen LogP contribution < -0.4 is 5.32 Å². The fourth-order valence-electron chi connectivity index (χ4n) is 4.16. The molecule has 2 aromatic heterocycles. The fraction of sp³-hybridized carbons (Fsp3) is 0.632. The highest BCUT2D eigenvalue weighted by molar-refractivity contribution is 5.66. The van der Waals surface area contributed by atoms with Gasteiger partial charge in [0.2, 0.25) is 5.95 Å². The van der Waals surface area contributed by atoms with Gasteiger partial charge in [-0.05, 0) is 31.7 Å². The molecule has 1 aliphatic heterocycles. The van der Waals surface area contributed by atoms with Gasteiger partial charge in [-0.2, -0.15) is 0 Å². The summed E-state index contributed by atoms with van der Waals surface area (Å²) in [6.45, 7) is 4.43. The number of rotatable bonds is 5. The monoisotopic (exact) mass is 376 g/mol. The van der Waals surface area contributed by atoms with Gasteiger partial charge in [0, 0.05) is 18.9 Å². The molecule has 1 N–H and O–H groups in total. The molecule has 0 amide bonds. The molecule has 0 aromatic carbocycles. The summed E-state index contributed by atoms with van der Waals surface area (Å²) >= 11 is 0. The van der Waals surface area contributed by atoms with E-state index in [1.165, 1.54) is 13.1 Å². The standard InChI is InChI=1S/C19H25FN4O3/c1-3-19(6-4-7-19)17-9-13(20)15-10-21-18(23-24(15)17)22-14-5-8-26-11-16(14)27-12(2)25/h9-10,14,16H,3-8,11H2,1-2H3,(H,22,23)/t14-,16-/m1/s1. The lowest BCUT2D eigenvalue weighted by Crippen LogP contribution is -2.45. The van der Waals surface area contributed by atoms with Crippen LogP contribution in [0.5, 0.6) is 0 Å². The molecule has 27 heavy (non-hydrogen) atoms. The number of nitrogens with one attached hydrogen (secondary N) is 1. The number of carbonyl (C=O) groups is 1. The van der Waals surface area contributed by atoms with Crippen molar-refractivity contribution in [3.8, 4) is 0 Å². The van der Waals surface area contributed by atoms with E-state index in [1.54, 1.807) is 10.6 Å². The van der Waals surface area contributed by atoms with Crippen molar-refractivity contribution in [2.75, 3.05) is 18.5 Å². The van der Waals surface area contributed by atoms with Gasteiger partial charge in [-0.1, -0.05) is 13.3 Å². The quantitative estimate of drug-likeness (QED) is 0.809. The first-order valence-corrected chi connectivity index (χ1v) is 9.59. The minimum atomic E-state index is -0.398. The highest BCUT2D eigenvalue weighted by Crippen LogP contribution is 2.46. The van der Waals surface area contributed by atoms with E-state index in [-0.39, 0.29) is 23.2 Å². The number of esters is 1. The van der Waals surface area contributed by atoms with Crippen LogP contribution in [0.3, 0.4) is 0 Å². The molecule has 1 aliphatic carbocycles. The van der Waals surface area contributed by atoms with Gasteiger partial charge in [0.25, 0.3) is 0 Å². The molecule has 0 spiro atoms. The zero-order valence-corrected chi connectivity index (χ0v) is 15.7. The normalized spacial score (nSPS) is 24.4. The van der Waals surface area contributed by atoms with Crippen LogP contribution in [0.25, 0.3) is 5.52 Å². The third-order valence-electron chi connectivity index (χ3n) is 5.94. The van der Waals surface area contributed by atoms with Gasteiger partial charge in [0.05, 0.1) is 24.5 Å². The molecule has 2 aromatic rings. The molecular formula is C19H25FN4O3. The summed E-state index contributed by atoms with van der Waals surface area (Å²) in [5.74, 6) is -0.243. The Morgan fingerprint density at radius 3 is 3.00 bits per heavy atom. The number of hydrogen-bond acceptors (Lipinski definition) is 6. The zero-order valence-electron chi connectivity index (χ0n) is 15.7. The molecule has 0 bridgehead atoms. The van der Waals surface area contributed by atoms with E-state index in [2.05, 4.69) is 22.3 Å². The first kappa shape index (κ1) is 18.2. The minimum absolute atomic E-state index is 0.00215. The smallest absolute Gasteiger partial charge is 0.303 e. The molecule has 0 unspecified atom stereocenters. The lowest BCUT2D eigenvalue weighted by Gasteiger charge is -2.40. The van der Waals surface area contributed by atoms with Crippen LogP contribution in [0.2, 0.25) is 0 Å². The van der Waals surface area contributed by atoms with E-state index < -0.39 is 6.10 Å². The highest BCUT2D eigenvalue weighted by Gasteiger charge is 2.40. The average molecular weight is 376 g/mol. The molecule has 4 rings (SSSR count). The molecule has 1 saturated heterocycles. The molecule has 2 atom stereocenters. The number of anilines is 1. The van der Waals surface area contributed by atoms with Crippen LogP contribution in [0.15, 0.2) is 12.3 Å². The second kappa shape index (κ2) is 7.07. The summed E-state index contributed by atoms with van der Waals surface area (Å²) in [6, 6.07) is 1.46. The predicted molar refractivity (Wildman–Crippen MR) is 97.2 cm³/mol. The van der Waals surface area contributed by atoms with Crippen molar-refractivity contribution in [3.63, 3.8) is 0 Å². The van der Waals surface area contributed by atoms with Crippen molar-refractivity contribution in [3.05, 3.63) is 23.8 Å². The maximum atomic E-state index is 14.4. The predicted octanol–water partition coefficient (Wildman–Crippen LogP) is 2.83. The van der Waals surface area contributed by atoms with Gasteiger partial charge in [-0.25, -0.2) is 13.9 Å². The molecule has 0 radical (unpaired) electrons. The summed E-state index contributed by atoms with van der Waals surface area (Å²) in [5, 5.41) is 7.82. The fourth-order valence-corrected chi connectivity index (χ4v) is 4.16. The molecule has 2 aliphatic rings. The van der Waals surface area contributed by atoms with E-state index in [4.69, 9.17) is 9.47 Å². The second-order valence-electron chi connectivity index (χ2n) is 7.51. The molecule has 3 heterocycles. The molecule has 2 fully saturated rings. The van der Waals surface area contributed by atoms with Crippen molar-refractivity contribution in [1.82, 2.24) is 14.6 Å². The summed E-state index contributed by atoms with van der Waals surface area (Å²) in [5.41, 5.74) is 1.30. The van der Waals surface area contributed by atoms with Crippen LogP contribution in [0.1, 0.15) is 51.6 Å². The van der Waals surface area contributed by atoms with E-state index in [0.717, 1.165) is 31.4 Å². The average Bonchev–Trinajstić information content (AvgIpc) is 2.93. The summed E-state index contributed by atoms with van der Waals surface area (Å²) < 4.78 is 26.9. The van der Waals surface area contributed by atoms with Gasteiger partial charge in [0.1, 0.15) is 11.6 Å². The number of nitrogens with zero attached hydrogens (tertiary/aromatic N) is 3. The Morgan fingerprint density at radius 1 is 1.52 bits per heavy atom. The Labute approximate surface area is 157 Å². The number of aromatic nitrogens is 3. The first-order chi connectivity index (χ1) is 13.0. The molecule has 146 valence electrons. The topological polar surface area (TPSA) is 77.8 Å². The van der Waals surface area contributed by atoms with Gasteiger partial charge < -0.3 is 14.8 Å². The SMILES string of the molecule is CCC1(c2cc(F)c3cnc(N[C@@H]4CCOC[C@H]4OC(C)=O)nn23)CCC1. The third kappa shape index (κ3) is 3.26. The Bertz CT molecular complexity index is 843. The Morgan fingerprint density at radius 2 is 2.33 bits per heavy atom. The number of ether oxygens (including phenoxy) is 2. The Hall–Kier alpha value is -2.22. The largest absolute Gasteiger partial charge is 0.458 e. The maximum absolute atomic E-state index is 14.4. The Balaban J connectivity index is 1.64. The molecule has 8 heteroatoms. The van der Waals surface area contributed by atoms with Crippen molar-refractivity contribution in [1.29, 1.82) is 0 Å². The number of carbonyl (C=O) groups excluding carboxylic acids is 1. The van der Waals surface area contributed by atoms with Crippen molar-refractivity contribution < 1.29 is 18.7 Å². The van der Waals surface area contributed by atoms with Gasteiger partial charge in [-0.15, -0.1) is 5.10 Å². The maximum Gasteiger partial charge on any atom is 0.303 e. The molecule has 7 nitrogen and oxygen atoms in total. The summed E-state index contributed by atoms with van der Waals surface area (Å²) in [6.07, 6.45) is 6.00. The summed E-state index contributed by atoms with van der Waals surface area (Å²) in [4.78, 5) is 15.6. The van der Waals surface area contributed by atoms with E-state index in [0.29, 0.717) is 31.1 Å². The third-order valence-corrected chi connectivity index (χ3v) is 5.94. The van der Waals surface area contributed by atoms with E-state index in [9.17, 15) is 9.18 Å². The van der Waals surface area contributed by atoms with Gasteiger partial charge in [-0.3, -0.25) is 4.79 Å². The Kier molecular flexibility index (Phi) is 4.75. The lowest BCUT2D eigenvalue weighted by molar-refractivity contribution is -0.153. The highest BCUT2D eigenvalue weighted by atomic mass is 19.1. The second-order valence-corrected chi connectivity index (χ2v) is 7.51. The van der Waals surface area contributed by atoms with Crippen molar-refractivity contribution in [2.24, 2.45) is 0 Å². The number of hydrogen-bond donors (Lipinski definition) is 1. The van der Waals surface area contributed by atoms with Gasteiger partial charge in [0.15, 0.2) is 5.82 Å². The van der Waals surface area contributed by atoms with Crippen molar-refractivity contribution >= 4 is 17.4 Å². The van der Waals surface area contributed by atoms with Crippen LogP contribution in [-0.2, 0) is 19.7 Å². The van der Waals surface area contributed by atoms with Crippen LogP contribution in [-0.4, -0.2) is 45.9 Å². The van der Waals surface area contributed by atoms with Crippen molar-refractivity contribution in [2.45, 2.75) is 63.5 Å². The molecule has 1 saturated carbocycles.